The van der Waals surface area contributed by atoms with E-state index in [0.717, 1.165) is 39.3 Å². The Morgan fingerprint density at radius 2 is 1.81 bits per heavy atom. The summed E-state index contributed by atoms with van der Waals surface area (Å²) in [6, 6.07) is 8.75. The van der Waals surface area contributed by atoms with E-state index in [1.54, 1.807) is 0 Å². The molecule has 0 aliphatic carbocycles. The molecule has 21 heavy (non-hydrogen) atoms. The van der Waals surface area contributed by atoms with Crippen molar-refractivity contribution < 1.29 is 4.74 Å². The molecule has 0 saturated heterocycles. The lowest BCUT2D eigenvalue weighted by molar-refractivity contribution is 0.120. The number of rotatable bonds is 9. The number of nitrogens with zero attached hydrogens (tertiary/aromatic N) is 1. The zero-order chi connectivity index (χ0) is 15.7. The molecule has 1 rings (SSSR count). The van der Waals surface area contributed by atoms with Crippen molar-refractivity contribution in [2.75, 3.05) is 33.4 Å². The summed E-state index contributed by atoms with van der Waals surface area (Å²) in [5.74, 6) is 0. The molecule has 0 saturated carbocycles. The van der Waals surface area contributed by atoms with E-state index in [1.165, 1.54) is 11.1 Å². The molecule has 0 unspecified atom stereocenters. The first-order valence-electron chi connectivity index (χ1n) is 8.00. The second-order valence-electron chi connectivity index (χ2n) is 6.63. The van der Waals surface area contributed by atoms with E-state index in [9.17, 15) is 0 Å². The van der Waals surface area contributed by atoms with Crippen LogP contribution in [-0.4, -0.2) is 43.8 Å². The van der Waals surface area contributed by atoms with Gasteiger partial charge in [-0.2, -0.15) is 0 Å². The van der Waals surface area contributed by atoms with Gasteiger partial charge >= 0.3 is 0 Å². The van der Waals surface area contributed by atoms with Crippen molar-refractivity contribution >= 4 is 0 Å². The van der Waals surface area contributed by atoms with Gasteiger partial charge in [0.05, 0.1) is 6.61 Å². The minimum atomic E-state index is 0.184. The van der Waals surface area contributed by atoms with E-state index >= 15 is 0 Å². The molecular formula is C18H32N2O. The first-order valence-corrected chi connectivity index (χ1v) is 8.00. The second kappa shape index (κ2) is 9.19. The van der Waals surface area contributed by atoms with Gasteiger partial charge in [-0.25, -0.2) is 0 Å². The fourth-order valence-corrected chi connectivity index (χ4v) is 2.26. The summed E-state index contributed by atoms with van der Waals surface area (Å²) in [6.45, 7) is 13.2. The summed E-state index contributed by atoms with van der Waals surface area (Å²) in [5.41, 5.74) is 3.05. The lowest BCUT2D eigenvalue weighted by atomic mass is 10.0. The number of hydrogen-bond acceptors (Lipinski definition) is 3. The maximum absolute atomic E-state index is 5.42. The minimum Gasteiger partial charge on any atom is -0.380 e. The molecule has 0 aliphatic rings. The highest BCUT2D eigenvalue weighted by atomic mass is 16.5. The van der Waals surface area contributed by atoms with Crippen LogP contribution in [0.3, 0.4) is 0 Å². The largest absolute Gasteiger partial charge is 0.380 e. The lowest BCUT2D eigenvalue weighted by Crippen LogP contribution is -2.37. The SMILES string of the molecule is CCOCCN(C)Cc1ccccc1CCNC(C)(C)C. The van der Waals surface area contributed by atoms with Crippen molar-refractivity contribution in [3.05, 3.63) is 35.4 Å². The summed E-state index contributed by atoms with van der Waals surface area (Å²) in [7, 11) is 2.16. The Morgan fingerprint density at radius 1 is 1.14 bits per heavy atom. The van der Waals surface area contributed by atoms with E-state index in [4.69, 9.17) is 4.74 Å². The van der Waals surface area contributed by atoms with Crippen LogP contribution < -0.4 is 5.32 Å². The van der Waals surface area contributed by atoms with Gasteiger partial charge in [0.2, 0.25) is 0 Å². The fourth-order valence-electron chi connectivity index (χ4n) is 2.26. The van der Waals surface area contributed by atoms with E-state index in [-0.39, 0.29) is 5.54 Å². The third kappa shape index (κ3) is 8.20. The maximum atomic E-state index is 5.42. The molecule has 0 radical (unpaired) electrons. The molecule has 1 aromatic rings. The Bertz CT molecular complexity index is 398. The summed E-state index contributed by atoms with van der Waals surface area (Å²) >= 11 is 0. The van der Waals surface area contributed by atoms with Gasteiger partial charge in [0.1, 0.15) is 0 Å². The predicted octanol–water partition coefficient (Wildman–Crippen LogP) is 3.09. The highest BCUT2D eigenvalue weighted by molar-refractivity contribution is 5.27. The third-order valence-electron chi connectivity index (χ3n) is 3.43. The number of nitrogens with one attached hydrogen (secondary N) is 1. The first kappa shape index (κ1) is 18.1. The molecule has 0 spiro atoms. The van der Waals surface area contributed by atoms with E-state index in [1.807, 2.05) is 6.92 Å². The normalized spacial score (nSPS) is 12.1. The molecule has 1 aromatic carbocycles. The van der Waals surface area contributed by atoms with Crippen LogP contribution in [0.2, 0.25) is 0 Å². The zero-order valence-corrected chi connectivity index (χ0v) is 14.4. The van der Waals surface area contributed by atoms with Gasteiger partial charge in [0.15, 0.2) is 0 Å². The molecule has 1 N–H and O–H groups in total. The Hall–Kier alpha value is -0.900. The average Bonchev–Trinajstić information content (AvgIpc) is 2.39. The van der Waals surface area contributed by atoms with Crippen LogP contribution in [0, 0.1) is 0 Å². The van der Waals surface area contributed by atoms with Crippen LogP contribution >= 0.6 is 0 Å². The van der Waals surface area contributed by atoms with Crippen molar-refractivity contribution in [3.63, 3.8) is 0 Å². The van der Waals surface area contributed by atoms with Gasteiger partial charge in [-0.1, -0.05) is 24.3 Å². The van der Waals surface area contributed by atoms with Gasteiger partial charge < -0.3 is 10.1 Å². The van der Waals surface area contributed by atoms with Gasteiger partial charge in [-0.3, -0.25) is 4.90 Å². The van der Waals surface area contributed by atoms with Crippen LogP contribution in [0.25, 0.3) is 0 Å². The van der Waals surface area contributed by atoms with Crippen LogP contribution in [0.5, 0.6) is 0 Å². The Kier molecular flexibility index (Phi) is 7.94. The second-order valence-corrected chi connectivity index (χ2v) is 6.63. The van der Waals surface area contributed by atoms with E-state index in [2.05, 4.69) is 62.3 Å². The molecule has 3 heteroatoms. The monoisotopic (exact) mass is 292 g/mol. The summed E-state index contributed by atoms with van der Waals surface area (Å²) in [5, 5.41) is 3.56. The van der Waals surface area contributed by atoms with Gasteiger partial charge in [-0.15, -0.1) is 0 Å². The van der Waals surface area contributed by atoms with Crippen molar-refractivity contribution in [1.29, 1.82) is 0 Å². The Balaban J connectivity index is 2.50. The highest BCUT2D eigenvalue weighted by Gasteiger charge is 2.09. The van der Waals surface area contributed by atoms with Crippen molar-refractivity contribution in [2.45, 2.75) is 46.2 Å². The maximum Gasteiger partial charge on any atom is 0.0593 e. The lowest BCUT2D eigenvalue weighted by Gasteiger charge is -2.22. The Labute approximate surface area is 130 Å². The predicted molar refractivity (Wildman–Crippen MR) is 90.7 cm³/mol. The average molecular weight is 292 g/mol. The van der Waals surface area contributed by atoms with Gasteiger partial charge in [0, 0.05) is 25.2 Å². The fraction of sp³-hybridized carbons (Fsp3) is 0.667. The molecule has 0 aliphatic heterocycles. The first-order chi connectivity index (χ1) is 9.92. The van der Waals surface area contributed by atoms with Crippen molar-refractivity contribution in [3.8, 4) is 0 Å². The number of ether oxygens (including phenoxy) is 1. The molecule has 0 aromatic heterocycles. The van der Waals surface area contributed by atoms with Crippen LogP contribution in [0.1, 0.15) is 38.8 Å². The highest BCUT2D eigenvalue weighted by Crippen LogP contribution is 2.12. The molecular weight excluding hydrogens is 260 g/mol. The summed E-state index contributed by atoms with van der Waals surface area (Å²) < 4.78 is 5.42. The van der Waals surface area contributed by atoms with Crippen molar-refractivity contribution in [1.82, 2.24) is 10.2 Å². The number of benzene rings is 1. The van der Waals surface area contributed by atoms with Gasteiger partial charge in [0.25, 0.3) is 0 Å². The molecule has 3 nitrogen and oxygen atoms in total. The molecule has 0 amide bonds. The van der Waals surface area contributed by atoms with Crippen LogP contribution in [0.15, 0.2) is 24.3 Å². The number of hydrogen-bond donors (Lipinski definition) is 1. The van der Waals surface area contributed by atoms with Crippen LogP contribution in [0.4, 0.5) is 0 Å². The van der Waals surface area contributed by atoms with Crippen LogP contribution in [-0.2, 0) is 17.7 Å². The van der Waals surface area contributed by atoms with E-state index in [0.29, 0.717) is 0 Å². The smallest absolute Gasteiger partial charge is 0.0593 e. The topological polar surface area (TPSA) is 24.5 Å². The molecule has 120 valence electrons. The number of likely N-dealkylation sites (N-methyl/N-ethyl adjacent to an activating group) is 1. The summed E-state index contributed by atoms with van der Waals surface area (Å²) in [4.78, 5) is 2.33. The molecule has 0 atom stereocenters. The summed E-state index contributed by atoms with van der Waals surface area (Å²) in [6.07, 6.45) is 1.08. The standard InChI is InChI=1S/C18H32N2O/c1-6-21-14-13-20(5)15-17-10-8-7-9-16(17)11-12-19-18(2,3)4/h7-10,19H,6,11-15H2,1-5H3. The molecule has 0 fully saturated rings. The minimum absolute atomic E-state index is 0.184. The quantitative estimate of drug-likeness (QED) is 0.708. The third-order valence-corrected chi connectivity index (χ3v) is 3.43. The zero-order valence-electron chi connectivity index (χ0n) is 14.4. The van der Waals surface area contributed by atoms with Crippen molar-refractivity contribution in [2.24, 2.45) is 0 Å². The Morgan fingerprint density at radius 3 is 2.43 bits per heavy atom. The van der Waals surface area contributed by atoms with Gasteiger partial charge in [-0.05, 0) is 58.8 Å². The van der Waals surface area contributed by atoms with E-state index < -0.39 is 0 Å². The molecule has 0 bridgehead atoms. The molecule has 0 heterocycles.